The van der Waals surface area contributed by atoms with Crippen molar-refractivity contribution in [3.05, 3.63) is 11.1 Å². The summed E-state index contributed by atoms with van der Waals surface area (Å²) in [7, 11) is 2.42. The lowest BCUT2D eigenvalue weighted by Crippen LogP contribution is -2.42. The minimum atomic E-state index is -1.37. The fraction of sp³-hybridized carbons (Fsp3) is 0.667. The number of Topliss-reactive ketones (excluding diaryl/α,β-unsaturated/α-hetero) is 1. The summed E-state index contributed by atoms with van der Waals surface area (Å²) in [5, 5.41) is 0. The summed E-state index contributed by atoms with van der Waals surface area (Å²) in [6.07, 6.45) is 0.136. The van der Waals surface area contributed by atoms with E-state index in [1.165, 1.54) is 21.1 Å². The van der Waals surface area contributed by atoms with Gasteiger partial charge in [-0.25, -0.2) is 0 Å². The summed E-state index contributed by atoms with van der Waals surface area (Å²) in [6, 6.07) is 0. The number of hydrogen-bond acceptors (Lipinski definition) is 7. The van der Waals surface area contributed by atoms with Crippen LogP contribution < -0.4 is 0 Å². The van der Waals surface area contributed by atoms with Crippen molar-refractivity contribution in [3.63, 3.8) is 0 Å². The molecule has 140 valence electrons. The highest BCUT2D eigenvalue weighted by molar-refractivity contribution is 6.14. The molecule has 0 N–H and O–H groups in total. The van der Waals surface area contributed by atoms with Crippen molar-refractivity contribution >= 4 is 23.7 Å². The predicted molar refractivity (Wildman–Crippen MR) is 88.5 cm³/mol. The van der Waals surface area contributed by atoms with Crippen LogP contribution in [0.5, 0.6) is 0 Å². The second kappa shape index (κ2) is 7.80. The van der Waals surface area contributed by atoms with Crippen molar-refractivity contribution in [2.75, 3.05) is 14.2 Å². The lowest BCUT2D eigenvalue weighted by Gasteiger charge is -2.32. The van der Waals surface area contributed by atoms with E-state index in [2.05, 4.69) is 4.74 Å². The van der Waals surface area contributed by atoms with Gasteiger partial charge in [-0.3, -0.25) is 19.2 Å². The number of methoxy groups -OCH3 is 2. The summed E-state index contributed by atoms with van der Waals surface area (Å²) in [6.45, 7) is 6.72. The number of rotatable bonds is 5. The summed E-state index contributed by atoms with van der Waals surface area (Å²) in [4.78, 5) is 48.7. The predicted octanol–water partition coefficient (Wildman–Crippen LogP) is 2.12. The summed E-state index contributed by atoms with van der Waals surface area (Å²) >= 11 is 0. The number of carbonyl (C=O) groups is 4. The number of carbonyl (C=O) groups excluding carboxylic acids is 4. The molecule has 0 aromatic carbocycles. The van der Waals surface area contributed by atoms with Gasteiger partial charge in [0.1, 0.15) is 11.0 Å². The van der Waals surface area contributed by atoms with Crippen LogP contribution in [-0.4, -0.2) is 43.5 Å². The quantitative estimate of drug-likeness (QED) is 0.424. The van der Waals surface area contributed by atoms with Crippen molar-refractivity contribution in [3.8, 4) is 0 Å². The van der Waals surface area contributed by atoms with Gasteiger partial charge in [-0.1, -0.05) is 5.57 Å². The Balaban J connectivity index is 3.19. The molecule has 1 aliphatic carbocycles. The Bertz CT molecular complexity index is 609. The number of hydrogen-bond donors (Lipinski definition) is 0. The Labute approximate surface area is 147 Å². The molecule has 0 fully saturated rings. The molecule has 1 rings (SSSR count). The summed E-state index contributed by atoms with van der Waals surface area (Å²) < 4.78 is 14.7. The molecule has 0 radical (unpaired) electrons. The van der Waals surface area contributed by atoms with Gasteiger partial charge in [0.05, 0.1) is 27.1 Å². The highest BCUT2D eigenvalue weighted by atomic mass is 16.6. The Kier molecular flexibility index (Phi) is 6.51. The molecule has 0 bridgehead atoms. The zero-order valence-corrected chi connectivity index (χ0v) is 15.7. The lowest BCUT2D eigenvalue weighted by molar-refractivity contribution is -0.157. The molecular weight excluding hydrogens is 328 g/mol. The molecule has 0 aromatic rings. The minimum Gasteiger partial charge on any atom is -0.469 e. The second-order valence-corrected chi connectivity index (χ2v) is 7.25. The third-order valence-electron chi connectivity index (χ3n) is 4.09. The molecule has 1 aliphatic rings. The molecule has 0 saturated carbocycles. The number of esters is 3. The van der Waals surface area contributed by atoms with Crippen molar-refractivity contribution in [1.82, 2.24) is 0 Å². The lowest BCUT2D eigenvalue weighted by atomic mass is 9.70. The zero-order chi connectivity index (χ0) is 19.4. The largest absolute Gasteiger partial charge is 0.469 e. The molecule has 7 heteroatoms. The molecule has 0 aromatic heterocycles. The first-order valence-corrected chi connectivity index (χ1v) is 8.07. The maximum atomic E-state index is 12.9. The fourth-order valence-corrected chi connectivity index (χ4v) is 2.75. The summed E-state index contributed by atoms with van der Waals surface area (Å²) in [5.41, 5.74) is -1.38. The number of ketones is 1. The Morgan fingerprint density at radius 3 is 2.12 bits per heavy atom. The van der Waals surface area contributed by atoms with Crippen molar-refractivity contribution in [2.24, 2.45) is 5.41 Å². The van der Waals surface area contributed by atoms with Gasteiger partial charge in [0.15, 0.2) is 5.78 Å². The highest BCUT2D eigenvalue weighted by Gasteiger charge is 2.47. The van der Waals surface area contributed by atoms with Gasteiger partial charge in [-0.05, 0) is 40.5 Å². The normalized spacial score (nSPS) is 21.0. The van der Waals surface area contributed by atoms with Gasteiger partial charge in [-0.2, -0.15) is 0 Å². The SMILES string of the molecule is COC(=O)CC1=C(CC(=O)OC(C)(C)C)CC[C@](C)(C(=O)OC)C1=O. The van der Waals surface area contributed by atoms with Crippen LogP contribution in [0.2, 0.25) is 0 Å². The van der Waals surface area contributed by atoms with Crippen molar-refractivity contribution in [2.45, 2.75) is 59.0 Å². The van der Waals surface area contributed by atoms with Crippen LogP contribution in [0.4, 0.5) is 0 Å². The Morgan fingerprint density at radius 2 is 1.64 bits per heavy atom. The van der Waals surface area contributed by atoms with E-state index >= 15 is 0 Å². The maximum Gasteiger partial charge on any atom is 0.319 e. The van der Waals surface area contributed by atoms with Crippen LogP contribution in [0, 0.1) is 5.41 Å². The molecule has 0 spiro atoms. The molecule has 25 heavy (non-hydrogen) atoms. The van der Waals surface area contributed by atoms with Gasteiger partial charge in [0, 0.05) is 5.57 Å². The first kappa shape index (κ1) is 20.9. The molecule has 0 amide bonds. The van der Waals surface area contributed by atoms with E-state index in [9.17, 15) is 19.2 Å². The van der Waals surface area contributed by atoms with Gasteiger partial charge < -0.3 is 14.2 Å². The Hall–Kier alpha value is -2.18. The molecule has 1 atom stereocenters. The monoisotopic (exact) mass is 354 g/mol. The average Bonchev–Trinajstić information content (AvgIpc) is 2.51. The first-order chi connectivity index (χ1) is 11.4. The fourth-order valence-electron chi connectivity index (χ4n) is 2.75. The summed E-state index contributed by atoms with van der Waals surface area (Å²) in [5.74, 6) is -2.26. The molecule has 7 nitrogen and oxygen atoms in total. The van der Waals surface area contributed by atoms with E-state index in [0.717, 1.165) is 0 Å². The van der Waals surface area contributed by atoms with E-state index in [1.807, 2.05) is 0 Å². The van der Waals surface area contributed by atoms with E-state index in [0.29, 0.717) is 12.0 Å². The van der Waals surface area contributed by atoms with E-state index < -0.39 is 34.7 Å². The zero-order valence-electron chi connectivity index (χ0n) is 15.7. The van der Waals surface area contributed by atoms with E-state index in [-0.39, 0.29) is 24.8 Å². The molecule has 0 heterocycles. The molecule has 0 saturated heterocycles. The molecular formula is C18H26O7. The van der Waals surface area contributed by atoms with Crippen LogP contribution >= 0.6 is 0 Å². The van der Waals surface area contributed by atoms with Gasteiger partial charge in [0.2, 0.25) is 0 Å². The third kappa shape index (κ3) is 5.14. The standard InChI is InChI=1S/C18H26O7/c1-17(2,3)25-14(20)9-11-7-8-18(4,16(22)24-6)15(21)12(11)10-13(19)23-5/h7-10H2,1-6H3/t18-/m0/s1. The third-order valence-corrected chi connectivity index (χ3v) is 4.09. The van der Waals surface area contributed by atoms with Crippen LogP contribution in [0.25, 0.3) is 0 Å². The smallest absolute Gasteiger partial charge is 0.319 e. The van der Waals surface area contributed by atoms with Crippen LogP contribution in [-0.2, 0) is 33.4 Å². The van der Waals surface area contributed by atoms with E-state index in [1.54, 1.807) is 20.8 Å². The van der Waals surface area contributed by atoms with E-state index in [4.69, 9.17) is 9.47 Å². The Morgan fingerprint density at radius 1 is 1.04 bits per heavy atom. The average molecular weight is 354 g/mol. The molecule has 0 unspecified atom stereocenters. The van der Waals surface area contributed by atoms with Gasteiger partial charge in [0.25, 0.3) is 0 Å². The van der Waals surface area contributed by atoms with Gasteiger partial charge in [-0.15, -0.1) is 0 Å². The minimum absolute atomic E-state index is 0.105. The first-order valence-electron chi connectivity index (χ1n) is 8.07. The topological polar surface area (TPSA) is 96.0 Å². The van der Waals surface area contributed by atoms with Gasteiger partial charge >= 0.3 is 17.9 Å². The molecule has 0 aliphatic heterocycles. The van der Waals surface area contributed by atoms with Crippen molar-refractivity contribution < 1.29 is 33.4 Å². The second-order valence-electron chi connectivity index (χ2n) is 7.25. The van der Waals surface area contributed by atoms with Crippen LogP contribution in [0.1, 0.15) is 53.4 Å². The van der Waals surface area contributed by atoms with Crippen molar-refractivity contribution in [1.29, 1.82) is 0 Å². The number of ether oxygens (including phenoxy) is 3. The van der Waals surface area contributed by atoms with Crippen LogP contribution in [0.15, 0.2) is 11.1 Å². The highest BCUT2D eigenvalue weighted by Crippen LogP contribution is 2.39. The van der Waals surface area contributed by atoms with Crippen LogP contribution in [0.3, 0.4) is 0 Å². The maximum absolute atomic E-state index is 12.9.